The average Bonchev–Trinajstić information content (AvgIpc) is 2.62. The Bertz CT molecular complexity index is 701. The summed E-state index contributed by atoms with van der Waals surface area (Å²) < 4.78 is 25.7. The number of aromatic nitrogens is 1. The van der Waals surface area contributed by atoms with E-state index in [0.717, 1.165) is 22.6 Å². The fraction of sp³-hybridized carbons (Fsp3) is 0.105. The number of nitrogens with one attached hydrogen (secondary N) is 2. The second-order valence-corrected chi connectivity index (χ2v) is 5.39. The Hall–Kier alpha value is -2.95. The van der Waals surface area contributed by atoms with Crippen LogP contribution in [0, 0.1) is 11.6 Å². The molecule has 0 radical (unpaired) electrons. The average molecular weight is 325 g/mol. The molecular weight excluding hydrogens is 308 g/mol. The van der Waals surface area contributed by atoms with Gasteiger partial charge >= 0.3 is 0 Å². The molecule has 2 aromatic carbocycles. The topological polar surface area (TPSA) is 37.0 Å². The van der Waals surface area contributed by atoms with Gasteiger partial charge < -0.3 is 10.6 Å². The zero-order valence-corrected chi connectivity index (χ0v) is 13.0. The minimum Gasteiger partial charge on any atom is -0.380 e. The Morgan fingerprint density at radius 3 is 1.71 bits per heavy atom. The van der Waals surface area contributed by atoms with Crippen LogP contribution in [0.1, 0.15) is 11.1 Å². The van der Waals surface area contributed by atoms with E-state index in [1.807, 2.05) is 12.1 Å². The molecule has 0 saturated carbocycles. The summed E-state index contributed by atoms with van der Waals surface area (Å²) in [5, 5.41) is 6.42. The largest absolute Gasteiger partial charge is 0.380 e. The van der Waals surface area contributed by atoms with Crippen molar-refractivity contribution in [3.05, 3.63) is 89.6 Å². The maximum Gasteiger partial charge on any atom is 0.126 e. The van der Waals surface area contributed by atoms with Gasteiger partial charge in [-0.2, -0.15) is 0 Å². The molecule has 24 heavy (non-hydrogen) atoms. The van der Waals surface area contributed by atoms with Gasteiger partial charge in [0.25, 0.3) is 0 Å². The Kier molecular flexibility index (Phi) is 5.01. The molecule has 0 saturated heterocycles. The number of halogens is 2. The summed E-state index contributed by atoms with van der Waals surface area (Å²) in [6, 6.07) is 16.5. The van der Waals surface area contributed by atoms with E-state index in [1.165, 1.54) is 24.3 Å². The van der Waals surface area contributed by atoms with Crippen molar-refractivity contribution in [3.8, 4) is 0 Å². The summed E-state index contributed by atoms with van der Waals surface area (Å²) in [6.45, 7) is 1.18. The van der Waals surface area contributed by atoms with E-state index in [-0.39, 0.29) is 11.6 Å². The molecule has 3 aromatic rings. The first-order valence-corrected chi connectivity index (χ1v) is 7.62. The zero-order valence-electron chi connectivity index (χ0n) is 13.0. The van der Waals surface area contributed by atoms with E-state index in [9.17, 15) is 8.78 Å². The van der Waals surface area contributed by atoms with Crippen molar-refractivity contribution in [3.63, 3.8) is 0 Å². The van der Waals surface area contributed by atoms with Crippen LogP contribution in [0.25, 0.3) is 0 Å². The van der Waals surface area contributed by atoms with Crippen molar-refractivity contribution >= 4 is 11.5 Å². The van der Waals surface area contributed by atoms with Gasteiger partial charge in [0.15, 0.2) is 0 Å². The SMILES string of the molecule is Fc1ccc(CNc2ccc(NCc3ccc(F)cc3)nc2)cc1. The Labute approximate surface area is 139 Å². The lowest BCUT2D eigenvalue weighted by Crippen LogP contribution is -2.03. The smallest absolute Gasteiger partial charge is 0.126 e. The zero-order chi connectivity index (χ0) is 16.8. The van der Waals surface area contributed by atoms with Crippen molar-refractivity contribution in [2.24, 2.45) is 0 Å². The normalized spacial score (nSPS) is 10.4. The van der Waals surface area contributed by atoms with Gasteiger partial charge in [-0.3, -0.25) is 0 Å². The summed E-state index contributed by atoms with van der Waals surface area (Å²) >= 11 is 0. The molecular formula is C19H17F2N3. The number of anilines is 2. The molecule has 0 aliphatic rings. The third kappa shape index (κ3) is 4.52. The van der Waals surface area contributed by atoms with Gasteiger partial charge in [0, 0.05) is 13.1 Å². The van der Waals surface area contributed by atoms with Crippen molar-refractivity contribution in [2.45, 2.75) is 13.1 Å². The molecule has 0 bridgehead atoms. The third-order valence-electron chi connectivity index (χ3n) is 3.56. The highest BCUT2D eigenvalue weighted by Crippen LogP contribution is 2.13. The summed E-state index contributed by atoms with van der Waals surface area (Å²) in [6.07, 6.45) is 1.73. The van der Waals surface area contributed by atoms with E-state index in [1.54, 1.807) is 30.5 Å². The molecule has 0 atom stereocenters. The molecule has 3 nitrogen and oxygen atoms in total. The van der Waals surface area contributed by atoms with Crippen LogP contribution in [0.15, 0.2) is 66.9 Å². The molecule has 0 amide bonds. The predicted octanol–water partition coefficient (Wildman–Crippen LogP) is 4.58. The molecule has 122 valence electrons. The summed E-state index contributed by atoms with van der Waals surface area (Å²) in [5.74, 6) is 0.261. The molecule has 0 unspecified atom stereocenters. The summed E-state index contributed by atoms with van der Waals surface area (Å²) in [5.41, 5.74) is 2.86. The van der Waals surface area contributed by atoms with E-state index in [0.29, 0.717) is 13.1 Å². The summed E-state index contributed by atoms with van der Waals surface area (Å²) in [4.78, 5) is 4.33. The molecule has 0 aliphatic carbocycles. The minimum absolute atomic E-state index is 0.239. The standard InChI is InChI=1S/C19H17F2N3/c20-16-5-1-14(2-6-16)11-22-18-9-10-19(24-13-18)23-12-15-3-7-17(21)8-4-15/h1-10,13,22H,11-12H2,(H,23,24). The van der Waals surface area contributed by atoms with E-state index in [4.69, 9.17) is 0 Å². The fourth-order valence-electron chi connectivity index (χ4n) is 2.20. The van der Waals surface area contributed by atoms with Crippen molar-refractivity contribution in [1.29, 1.82) is 0 Å². The van der Waals surface area contributed by atoms with Crippen LogP contribution in [-0.4, -0.2) is 4.98 Å². The molecule has 1 heterocycles. The first kappa shape index (κ1) is 15.9. The van der Waals surface area contributed by atoms with E-state index in [2.05, 4.69) is 15.6 Å². The minimum atomic E-state index is -0.242. The van der Waals surface area contributed by atoms with Crippen LogP contribution in [0.4, 0.5) is 20.3 Å². The molecule has 0 aliphatic heterocycles. The molecule has 0 spiro atoms. The van der Waals surface area contributed by atoms with Gasteiger partial charge in [0.1, 0.15) is 17.5 Å². The molecule has 5 heteroatoms. The van der Waals surface area contributed by atoms with Crippen LogP contribution >= 0.6 is 0 Å². The van der Waals surface area contributed by atoms with Gasteiger partial charge in [-0.1, -0.05) is 24.3 Å². The van der Waals surface area contributed by atoms with Gasteiger partial charge in [-0.05, 0) is 47.5 Å². The van der Waals surface area contributed by atoms with Crippen LogP contribution in [0.2, 0.25) is 0 Å². The molecule has 3 rings (SSSR count). The highest BCUT2D eigenvalue weighted by Gasteiger charge is 1.99. The lowest BCUT2D eigenvalue weighted by Gasteiger charge is -2.09. The van der Waals surface area contributed by atoms with Crippen molar-refractivity contribution in [1.82, 2.24) is 4.98 Å². The van der Waals surface area contributed by atoms with Crippen LogP contribution in [0.3, 0.4) is 0 Å². The molecule has 1 aromatic heterocycles. The van der Waals surface area contributed by atoms with Crippen LogP contribution in [0.5, 0.6) is 0 Å². The molecule has 0 fully saturated rings. The fourth-order valence-corrected chi connectivity index (χ4v) is 2.20. The third-order valence-corrected chi connectivity index (χ3v) is 3.56. The first-order valence-electron chi connectivity index (χ1n) is 7.62. The Morgan fingerprint density at radius 1 is 0.667 bits per heavy atom. The van der Waals surface area contributed by atoms with Crippen molar-refractivity contribution in [2.75, 3.05) is 10.6 Å². The lowest BCUT2D eigenvalue weighted by molar-refractivity contribution is 0.626. The van der Waals surface area contributed by atoms with Crippen LogP contribution < -0.4 is 10.6 Å². The highest BCUT2D eigenvalue weighted by molar-refractivity contribution is 5.47. The summed E-state index contributed by atoms with van der Waals surface area (Å²) in [7, 11) is 0. The first-order chi connectivity index (χ1) is 11.7. The van der Waals surface area contributed by atoms with Crippen molar-refractivity contribution < 1.29 is 8.78 Å². The predicted molar refractivity (Wildman–Crippen MR) is 91.7 cm³/mol. The van der Waals surface area contributed by atoms with Gasteiger partial charge in [0.05, 0.1) is 11.9 Å². The second-order valence-electron chi connectivity index (χ2n) is 5.39. The van der Waals surface area contributed by atoms with E-state index >= 15 is 0 Å². The van der Waals surface area contributed by atoms with Crippen LogP contribution in [-0.2, 0) is 13.1 Å². The number of rotatable bonds is 6. The second kappa shape index (κ2) is 7.55. The maximum absolute atomic E-state index is 12.9. The quantitative estimate of drug-likeness (QED) is 0.696. The van der Waals surface area contributed by atoms with E-state index < -0.39 is 0 Å². The number of benzene rings is 2. The van der Waals surface area contributed by atoms with Gasteiger partial charge in [-0.25, -0.2) is 13.8 Å². The monoisotopic (exact) mass is 325 g/mol. The lowest BCUT2D eigenvalue weighted by atomic mass is 10.2. The number of hydrogen-bond acceptors (Lipinski definition) is 3. The number of pyridine rings is 1. The maximum atomic E-state index is 12.9. The Morgan fingerprint density at radius 2 is 1.21 bits per heavy atom. The number of hydrogen-bond donors (Lipinski definition) is 2. The van der Waals surface area contributed by atoms with Gasteiger partial charge in [-0.15, -0.1) is 0 Å². The highest BCUT2D eigenvalue weighted by atomic mass is 19.1. The number of nitrogens with zero attached hydrogens (tertiary/aromatic N) is 1. The molecule has 2 N–H and O–H groups in total. The van der Waals surface area contributed by atoms with Gasteiger partial charge in [0.2, 0.25) is 0 Å². The Balaban J connectivity index is 1.51.